The summed E-state index contributed by atoms with van der Waals surface area (Å²) in [6.07, 6.45) is 0. The van der Waals surface area contributed by atoms with Crippen molar-refractivity contribution in [3.05, 3.63) is 0 Å². The molecule has 1 radical (unpaired) electrons. The molecule has 0 bridgehead atoms. The van der Waals surface area contributed by atoms with Crippen LogP contribution in [0.2, 0.25) is 0 Å². The molecule has 0 unspecified atom stereocenters. The average Bonchev–Trinajstić information content (AvgIpc) is 1.58. The highest BCUT2D eigenvalue weighted by molar-refractivity contribution is 5.77. The van der Waals surface area contributed by atoms with Crippen molar-refractivity contribution in [2.24, 2.45) is 10.7 Å². The van der Waals surface area contributed by atoms with Gasteiger partial charge in [0.1, 0.15) is 0 Å². The van der Waals surface area contributed by atoms with E-state index in [1.807, 2.05) is 27.7 Å². The second-order valence-corrected chi connectivity index (χ2v) is 2.80. The van der Waals surface area contributed by atoms with Crippen LogP contribution in [-0.4, -0.2) is 18.0 Å². The van der Waals surface area contributed by atoms with Crippen LogP contribution < -0.4 is 11.1 Å². The summed E-state index contributed by atoms with van der Waals surface area (Å²) in [5.41, 5.74) is 5.46. The van der Waals surface area contributed by atoms with Crippen LogP contribution in [0, 0.1) is 0 Å². The first kappa shape index (κ1) is 9.27. The van der Waals surface area contributed by atoms with Gasteiger partial charge in [0, 0.05) is 12.1 Å². The molecule has 0 amide bonds. The molecule has 0 spiro atoms. The predicted octanol–water partition coefficient (Wildman–Crippen LogP) is 0.722. The fourth-order valence-corrected chi connectivity index (χ4v) is 0.562. The molecule has 0 aliphatic carbocycles. The first-order chi connectivity index (χ1) is 4.52. The zero-order valence-corrected chi connectivity index (χ0v) is 7.13. The van der Waals surface area contributed by atoms with Crippen LogP contribution in [0.15, 0.2) is 4.99 Å². The molecule has 0 aliphatic rings. The Morgan fingerprint density at radius 2 is 1.60 bits per heavy atom. The van der Waals surface area contributed by atoms with Crippen molar-refractivity contribution in [2.45, 2.75) is 39.8 Å². The van der Waals surface area contributed by atoms with Gasteiger partial charge in [0.15, 0.2) is 0 Å². The van der Waals surface area contributed by atoms with Crippen LogP contribution in [0.1, 0.15) is 27.7 Å². The Balaban J connectivity index is 3.71. The Morgan fingerprint density at radius 1 is 1.10 bits per heavy atom. The van der Waals surface area contributed by atoms with Crippen LogP contribution >= 0.6 is 0 Å². The number of rotatable bonds is 2. The summed E-state index contributed by atoms with van der Waals surface area (Å²) in [4.78, 5) is 4.05. The zero-order chi connectivity index (χ0) is 8.15. The van der Waals surface area contributed by atoms with E-state index in [0.29, 0.717) is 5.96 Å². The summed E-state index contributed by atoms with van der Waals surface area (Å²) >= 11 is 0. The lowest BCUT2D eigenvalue weighted by Crippen LogP contribution is -2.30. The summed E-state index contributed by atoms with van der Waals surface area (Å²) in [6.45, 7) is 7.90. The number of guanidine groups is 1. The summed E-state index contributed by atoms with van der Waals surface area (Å²) in [5.74, 6) is 0.407. The normalized spacial score (nSPS) is 12.8. The number of nitrogens with zero attached hydrogens (tertiary/aromatic N) is 2. The minimum Gasteiger partial charge on any atom is -0.368 e. The van der Waals surface area contributed by atoms with Gasteiger partial charge < -0.3 is 5.73 Å². The number of hydrogen-bond acceptors (Lipinski definition) is 1. The molecule has 0 rings (SSSR count). The van der Waals surface area contributed by atoms with Crippen LogP contribution in [0.25, 0.3) is 0 Å². The molecular weight excluding hydrogens is 126 g/mol. The van der Waals surface area contributed by atoms with Gasteiger partial charge in [0.2, 0.25) is 5.96 Å². The van der Waals surface area contributed by atoms with Crippen LogP contribution in [0.4, 0.5) is 0 Å². The molecule has 0 aromatic heterocycles. The van der Waals surface area contributed by atoms with Crippen molar-refractivity contribution >= 4 is 5.96 Å². The van der Waals surface area contributed by atoms with E-state index >= 15 is 0 Å². The van der Waals surface area contributed by atoms with E-state index in [2.05, 4.69) is 10.3 Å². The highest BCUT2D eigenvalue weighted by Crippen LogP contribution is 1.85. The van der Waals surface area contributed by atoms with Gasteiger partial charge in [-0.15, -0.1) is 0 Å². The lowest BCUT2D eigenvalue weighted by atomic mass is 10.4. The first-order valence-corrected chi connectivity index (χ1v) is 3.56. The van der Waals surface area contributed by atoms with Gasteiger partial charge in [-0.05, 0) is 27.7 Å². The van der Waals surface area contributed by atoms with E-state index in [-0.39, 0.29) is 12.1 Å². The van der Waals surface area contributed by atoms with Crippen molar-refractivity contribution in [3.63, 3.8) is 0 Å². The molecule has 0 aliphatic heterocycles. The first-order valence-electron chi connectivity index (χ1n) is 3.56. The fourth-order valence-electron chi connectivity index (χ4n) is 0.562. The monoisotopic (exact) mass is 142 g/mol. The minimum atomic E-state index is 0.238. The molecule has 3 nitrogen and oxygen atoms in total. The zero-order valence-electron chi connectivity index (χ0n) is 7.13. The van der Waals surface area contributed by atoms with Gasteiger partial charge in [-0.1, -0.05) is 0 Å². The second-order valence-electron chi connectivity index (χ2n) is 2.80. The standard InChI is InChI=1S/C7H16N3/c1-5(2)9-7(8)10-6(3)4/h5-6H,1-4H3,(H2,8,9). The molecule has 0 saturated heterocycles. The second kappa shape index (κ2) is 4.14. The molecule has 2 N–H and O–H groups in total. The van der Waals surface area contributed by atoms with E-state index < -0.39 is 0 Å². The molecule has 59 valence electrons. The van der Waals surface area contributed by atoms with E-state index in [1.54, 1.807) is 0 Å². The molecule has 3 heteroatoms. The van der Waals surface area contributed by atoms with Gasteiger partial charge in [-0.2, -0.15) is 0 Å². The quantitative estimate of drug-likeness (QED) is 0.448. The minimum absolute atomic E-state index is 0.238. The lowest BCUT2D eigenvalue weighted by molar-refractivity contribution is 0.702. The summed E-state index contributed by atoms with van der Waals surface area (Å²) in [7, 11) is 0. The molecule has 10 heavy (non-hydrogen) atoms. The smallest absolute Gasteiger partial charge is 0.211 e. The SMILES string of the molecule is CC(C)[N]/C(N)=N/C(C)C. The molecular formula is C7H16N3. The third-order valence-corrected chi connectivity index (χ3v) is 0.781. The molecule has 0 aromatic rings. The van der Waals surface area contributed by atoms with Crippen molar-refractivity contribution in [1.29, 1.82) is 0 Å². The topological polar surface area (TPSA) is 52.5 Å². The summed E-state index contributed by atoms with van der Waals surface area (Å²) in [6, 6.07) is 0.477. The van der Waals surface area contributed by atoms with Gasteiger partial charge in [0.25, 0.3) is 0 Å². The molecule has 0 aromatic carbocycles. The Hall–Kier alpha value is -0.730. The Morgan fingerprint density at radius 3 is 1.90 bits per heavy atom. The molecule has 0 fully saturated rings. The van der Waals surface area contributed by atoms with Gasteiger partial charge >= 0.3 is 0 Å². The maximum absolute atomic E-state index is 5.46. The van der Waals surface area contributed by atoms with Gasteiger partial charge in [0.05, 0.1) is 0 Å². The molecule has 0 atom stereocenters. The fraction of sp³-hybridized carbons (Fsp3) is 0.857. The number of aliphatic imine (C=N–C) groups is 1. The lowest BCUT2D eigenvalue weighted by Gasteiger charge is -2.05. The van der Waals surface area contributed by atoms with Gasteiger partial charge in [-0.3, -0.25) is 0 Å². The third-order valence-electron chi connectivity index (χ3n) is 0.781. The maximum Gasteiger partial charge on any atom is 0.211 e. The predicted molar refractivity (Wildman–Crippen MR) is 44.0 cm³/mol. The Bertz CT molecular complexity index is 116. The van der Waals surface area contributed by atoms with Crippen LogP contribution in [0.5, 0.6) is 0 Å². The summed E-state index contributed by atoms with van der Waals surface area (Å²) < 4.78 is 0. The summed E-state index contributed by atoms with van der Waals surface area (Å²) in [5, 5.41) is 4.05. The van der Waals surface area contributed by atoms with Crippen LogP contribution in [0.3, 0.4) is 0 Å². The highest BCUT2D eigenvalue weighted by Gasteiger charge is 1.97. The number of hydrogen-bond donors (Lipinski definition) is 1. The highest BCUT2D eigenvalue weighted by atomic mass is 15.1. The van der Waals surface area contributed by atoms with E-state index in [0.717, 1.165) is 0 Å². The Kier molecular flexibility index (Phi) is 3.84. The van der Waals surface area contributed by atoms with E-state index in [1.165, 1.54) is 0 Å². The average molecular weight is 142 g/mol. The largest absolute Gasteiger partial charge is 0.368 e. The van der Waals surface area contributed by atoms with Gasteiger partial charge in [-0.25, -0.2) is 10.3 Å². The van der Waals surface area contributed by atoms with E-state index in [9.17, 15) is 0 Å². The Labute approximate surface area is 62.7 Å². The third kappa shape index (κ3) is 5.41. The molecule has 0 heterocycles. The number of nitrogens with two attached hydrogens (primary N) is 1. The van der Waals surface area contributed by atoms with Crippen molar-refractivity contribution in [2.75, 3.05) is 0 Å². The van der Waals surface area contributed by atoms with Crippen molar-refractivity contribution < 1.29 is 0 Å². The van der Waals surface area contributed by atoms with Crippen LogP contribution in [-0.2, 0) is 0 Å². The molecule has 0 saturated carbocycles. The van der Waals surface area contributed by atoms with E-state index in [4.69, 9.17) is 5.73 Å². The van der Waals surface area contributed by atoms with Crippen molar-refractivity contribution in [1.82, 2.24) is 5.32 Å². The van der Waals surface area contributed by atoms with Crippen molar-refractivity contribution in [3.8, 4) is 0 Å². The maximum atomic E-state index is 5.46.